The topological polar surface area (TPSA) is 78.9 Å². The molecule has 0 bridgehead atoms. The van der Waals surface area contributed by atoms with Crippen LogP contribution in [-0.4, -0.2) is 49.6 Å². The van der Waals surface area contributed by atoms with E-state index in [1.165, 1.54) is 4.88 Å². The van der Waals surface area contributed by atoms with Gasteiger partial charge in [0.15, 0.2) is 12.6 Å². The second kappa shape index (κ2) is 12.1. The molecule has 30 heavy (non-hydrogen) atoms. The summed E-state index contributed by atoms with van der Waals surface area (Å²) in [5.41, 5.74) is 1.96. The zero-order valence-corrected chi connectivity index (χ0v) is 20.9. The summed E-state index contributed by atoms with van der Waals surface area (Å²) in [4.78, 5) is 24.5. The number of hydrogen-bond acceptors (Lipinski definition) is 5. The highest BCUT2D eigenvalue weighted by Crippen LogP contribution is 2.31. The number of rotatable bonds is 8. The molecule has 9 heteroatoms. The van der Waals surface area contributed by atoms with E-state index in [9.17, 15) is 4.79 Å². The third-order valence-corrected chi connectivity index (χ3v) is 5.80. The molecule has 7 nitrogen and oxygen atoms in total. The van der Waals surface area contributed by atoms with E-state index in [-0.39, 0.29) is 36.5 Å². The van der Waals surface area contributed by atoms with Gasteiger partial charge in [-0.15, -0.1) is 35.3 Å². The number of para-hydroxylation sites is 2. The Bertz CT molecular complexity index is 851. The van der Waals surface area contributed by atoms with Crippen molar-refractivity contribution in [2.75, 3.05) is 37.7 Å². The molecule has 164 valence electrons. The van der Waals surface area contributed by atoms with Crippen LogP contribution in [0.4, 0.5) is 5.69 Å². The molecule has 2 heterocycles. The monoisotopic (exact) mass is 543 g/mol. The van der Waals surface area contributed by atoms with Crippen LogP contribution in [0, 0.1) is 13.8 Å². The van der Waals surface area contributed by atoms with Crippen molar-refractivity contribution in [2.45, 2.75) is 33.6 Å². The lowest BCUT2D eigenvalue weighted by Gasteiger charge is -2.29. The van der Waals surface area contributed by atoms with E-state index in [2.05, 4.69) is 27.5 Å². The summed E-state index contributed by atoms with van der Waals surface area (Å²) in [6.07, 6.45) is 1.66. The number of ether oxygens (including phenoxy) is 1. The quantitative estimate of drug-likeness (QED) is 0.231. The van der Waals surface area contributed by atoms with Crippen molar-refractivity contribution in [3.05, 3.63) is 39.8 Å². The molecule has 1 aromatic heterocycles. The van der Waals surface area contributed by atoms with Crippen molar-refractivity contribution in [3.63, 3.8) is 0 Å². The van der Waals surface area contributed by atoms with Gasteiger partial charge >= 0.3 is 0 Å². The number of aliphatic imine (C=N–C) groups is 1. The Kier molecular flexibility index (Phi) is 9.83. The molecular weight excluding hydrogens is 513 g/mol. The van der Waals surface area contributed by atoms with Gasteiger partial charge in [-0.1, -0.05) is 12.1 Å². The first kappa shape index (κ1) is 24.4. The second-order valence-electron chi connectivity index (χ2n) is 6.84. The number of carbonyl (C=O) groups excluding carboxylic acids is 1. The highest BCUT2D eigenvalue weighted by atomic mass is 127. The third-order valence-electron chi connectivity index (χ3n) is 4.67. The number of thiazole rings is 1. The van der Waals surface area contributed by atoms with Gasteiger partial charge in [-0.05, 0) is 39.3 Å². The lowest BCUT2D eigenvalue weighted by atomic mass is 10.2. The minimum Gasteiger partial charge on any atom is -0.482 e. The fraction of sp³-hybridized carbons (Fsp3) is 0.476. The summed E-state index contributed by atoms with van der Waals surface area (Å²) in [6, 6.07) is 7.65. The Labute approximate surface area is 199 Å². The van der Waals surface area contributed by atoms with Gasteiger partial charge < -0.3 is 20.3 Å². The second-order valence-corrected chi connectivity index (χ2v) is 8.13. The molecule has 0 saturated heterocycles. The Morgan fingerprint density at radius 3 is 2.83 bits per heavy atom. The minimum absolute atomic E-state index is 0. The number of anilines is 1. The van der Waals surface area contributed by atoms with Crippen molar-refractivity contribution in [2.24, 2.45) is 4.99 Å². The zero-order chi connectivity index (χ0) is 20.6. The van der Waals surface area contributed by atoms with Crippen LogP contribution in [0.3, 0.4) is 0 Å². The molecular formula is C21H30IN5O2S. The van der Waals surface area contributed by atoms with E-state index in [0.29, 0.717) is 13.1 Å². The van der Waals surface area contributed by atoms with Crippen LogP contribution < -0.4 is 20.3 Å². The lowest BCUT2D eigenvalue weighted by molar-refractivity contribution is -0.121. The number of hydrogen-bond donors (Lipinski definition) is 2. The van der Waals surface area contributed by atoms with E-state index in [1.54, 1.807) is 16.2 Å². The molecule has 0 aliphatic carbocycles. The van der Waals surface area contributed by atoms with Crippen molar-refractivity contribution in [3.8, 4) is 5.75 Å². The van der Waals surface area contributed by atoms with Crippen LogP contribution >= 0.6 is 35.3 Å². The van der Waals surface area contributed by atoms with Crippen molar-refractivity contribution in [1.29, 1.82) is 0 Å². The average Bonchev–Trinajstić information content (AvgIpc) is 3.03. The van der Waals surface area contributed by atoms with Gasteiger partial charge in [0.05, 0.1) is 16.4 Å². The molecule has 1 aliphatic rings. The zero-order valence-electron chi connectivity index (χ0n) is 17.7. The van der Waals surface area contributed by atoms with Crippen LogP contribution in [0.5, 0.6) is 5.75 Å². The van der Waals surface area contributed by atoms with Crippen molar-refractivity contribution >= 4 is 52.9 Å². The van der Waals surface area contributed by atoms with Crippen molar-refractivity contribution < 1.29 is 9.53 Å². The number of aromatic nitrogens is 1. The van der Waals surface area contributed by atoms with Gasteiger partial charge in [-0.25, -0.2) is 4.98 Å². The number of carbonyl (C=O) groups is 1. The summed E-state index contributed by atoms with van der Waals surface area (Å²) >= 11 is 1.75. The predicted octanol–water partition coefficient (Wildman–Crippen LogP) is 3.29. The summed E-state index contributed by atoms with van der Waals surface area (Å²) in [5.74, 6) is 1.55. The van der Waals surface area contributed by atoms with Crippen LogP contribution in [0.15, 0.2) is 29.3 Å². The van der Waals surface area contributed by atoms with E-state index in [4.69, 9.17) is 4.74 Å². The molecule has 0 unspecified atom stereocenters. The predicted molar refractivity (Wildman–Crippen MR) is 134 cm³/mol. The minimum atomic E-state index is -0.00764. The molecule has 1 amide bonds. The maximum absolute atomic E-state index is 12.2. The number of guanidine groups is 1. The molecule has 0 fully saturated rings. The summed E-state index contributed by atoms with van der Waals surface area (Å²) in [5, 5.41) is 7.78. The SMILES string of the molecule is CCNC(=NCCCN1C(=O)COc2ccccc21)NCCc1nc(C)c(C)s1.I. The fourth-order valence-corrected chi connectivity index (χ4v) is 4.03. The first-order chi connectivity index (χ1) is 14.1. The molecule has 0 atom stereocenters. The standard InChI is InChI=1S/C21H29N5O2S.HI/c1-4-22-21(24-12-10-19-25-15(2)16(3)29-19)23-11-7-13-26-17-8-5-6-9-18(17)28-14-20(26)27;/h5-6,8-9H,4,7,10-14H2,1-3H3,(H2,22,23,24);1H. The Morgan fingerprint density at radius 1 is 1.30 bits per heavy atom. The highest BCUT2D eigenvalue weighted by Gasteiger charge is 2.24. The van der Waals surface area contributed by atoms with E-state index < -0.39 is 0 Å². The van der Waals surface area contributed by atoms with Crippen LogP contribution in [-0.2, 0) is 11.2 Å². The normalized spacial score (nSPS) is 13.4. The number of aryl methyl sites for hydroxylation is 2. The van der Waals surface area contributed by atoms with Gasteiger partial charge in [0.1, 0.15) is 5.75 Å². The van der Waals surface area contributed by atoms with Crippen LogP contribution in [0.25, 0.3) is 0 Å². The third kappa shape index (κ3) is 6.56. The van der Waals surface area contributed by atoms with Crippen LogP contribution in [0.1, 0.15) is 28.9 Å². The van der Waals surface area contributed by atoms with Gasteiger partial charge in [-0.2, -0.15) is 0 Å². The smallest absolute Gasteiger partial charge is 0.265 e. The van der Waals surface area contributed by atoms with Gasteiger partial charge in [0, 0.05) is 37.5 Å². The molecule has 2 aromatic rings. The number of nitrogens with one attached hydrogen (secondary N) is 2. The number of nitrogens with zero attached hydrogens (tertiary/aromatic N) is 3. The Balaban J connectivity index is 0.00000320. The number of halogens is 1. The Hall–Kier alpha value is -1.88. The maximum Gasteiger partial charge on any atom is 0.265 e. The lowest BCUT2D eigenvalue weighted by Crippen LogP contribution is -2.40. The van der Waals surface area contributed by atoms with E-state index in [1.807, 2.05) is 38.1 Å². The average molecular weight is 543 g/mol. The number of fused-ring (bicyclic) bond motifs is 1. The Morgan fingerprint density at radius 2 is 2.10 bits per heavy atom. The summed E-state index contributed by atoms with van der Waals surface area (Å²) < 4.78 is 5.49. The first-order valence-electron chi connectivity index (χ1n) is 10.1. The van der Waals surface area contributed by atoms with Gasteiger partial charge in [-0.3, -0.25) is 9.79 Å². The van der Waals surface area contributed by atoms with Gasteiger partial charge in [0.2, 0.25) is 0 Å². The summed E-state index contributed by atoms with van der Waals surface area (Å²) in [6.45, 7) is 9.15. The molecule has 0 radical (unpaired) electrons. The fourth-order valence-electron chi connectivity index (χ4n) is 3.09. The molecule has 2 N–H and O–H groups in total. The number of benzene rings is 1. The molecule has 0 saturated carbocycles. The molecule has 1 aromatic carbocycles. The molecule has 3 rings (SSSR count). The van der Waals surface area contributed by atoms with E-state index >= 15 is 0 Å². The molecule has 1 aliphatic heterocycles. The largest absolute Gasteiger partial charge is 0.482 e. The van der Waals surface area contributed by atoms with E-state index in [0.717, 1.165) is 54.0 Å². The maximum atomic E-state index is 12.2. The van der Waals surface area contributed by atoms with Crippen LogP contribution in [0.2, 0.25) is 0 Å². The van der Waals surface area contributed by atoms with Crippen molar-refractivity contribution in [1.82, 2.24) is 15.6 Å². The molecule has 0 spiro atoms. The number of amides is 1. The van der Waals surface area contributed by atoms with Gasteiger partial charge in [0.25, 0.3) is 5.91 Å². The highest BCUT2D eigenvalue weighted by molar-refractivity contribution is 14.0. The summed E-state index contributed by atoms with van der Waals surface area (Å²) in [7, 11) is 0. The first-order valence-corrected chi connectivity index (χ1v) is 10.9.